The summed E-state index contributed by atoms with van der Waals surface area (Å²) in [6.45, 7) is 0. The lowest BCUT2D eigenvalue weighted by atomic mass is 9.99. The molecule has 0 bridgehead atoms. The van der Waals surface area contributed by atoms with E-state index in [1.165, 1.54) is 48.5 Å². The van der Waals surface area contributed by atoms with Crippen LogP contribution in [0.2, 0.25) is 5.02 Å². The molecule has 0 heterocycles. The highest BCUT2D eigenvalue weighted by Crippen LogP contribution is 2.30. The number of hydrogen-bond acceptors (Lipinski definition) is 4. The molecule has 0 saturated carbocycles. The summed E-state index contributed by atoms with van der Waals surface area (Å²) in [5, 5.41) is 22.2. The number of carbonyl (C=O) groups excluding carboxylic acids is 1. The summed E-state index contributed by atoms with van der Waals surface area (Å²) < 4.78 is 55.1. The average Bonchev–Trinajstić information content (AvgIpc) is 2.89. The maximum Gasteiger partial charge on any atom is 0.573 e. The van der Waals surface area contributed by atoms with E-state index < -0.39 is 30.1 Å². The van der Waals surface area contributed by atoms with Crippen LogP contribution in [-0.2, 0) is 11.2 Å². The molecule has 4 aromatic rings. The highest BCUT2D eigenvalue weighted by atomic mass is 35.5. The molecule has 0 aliphatic carbocycles. The molecule has 40 heavy (non-hydrogen) atoms. The van der Waals surface area contributed by atoms with Crippen LogP contribution < -0.4 is 10.1 Å². The van der Waals surface area contributed by atoms with Crippen molar-refractivity contribution in [2.75, 3.05) is 0 Å². The Morgan fingerprint density at radius 1 is 0.875 bits per heavy atom. The predicted octanol–water partition coefficient (Wildman–Crippen LogP) is 6.84. The lowest BCUT2D eigenvalue weighted by molar-refractivity contribution is -0.274. The molecule has 1 amide bonds. The van der Waals surface area contributed by atoms with Crippen molar-refractivity contribution in [3.63, 3.8) is 0 Å². The summed E-state index contributed by atoms with van der Waals surface area (Å²) in [6, 6.07) is 18.5. The van der Waals surface area contributed by atoms with E-state index in [0.29, 0.717) is 27.8 Å². The number of benzene rings is 4. The van der Waals surface area contributed by atoms with Crippen molar-refractivity contribution in [1.82, 2.24) is 5.32 Å². The van der Waals surface area contributed by atoms with Gasteiger partial charge in [0.2, 0.25) is 0 Å². The number of carbonyl (C=O) groups is 2. The zero-order chi connectivity index (χ0) is 29.0. The molecule has 4 aromatic carbocycles. The standard InChI is InChI=1S/C29H20ClF4NO5/c30-23-15-20(8-10-24(23)31)19-9-11-26(36)22(14-19)27(37)35-25(28(38)39)12-16-4-6-17(7-5-16)18-2-1-3-21(13-18)40-29(32,33)34/h1-11,13-15,25,36H,12H2,(H,35,37)(H,38,39). The third-order valence-corrected chi connectivity index (χ3v) is 6.18. The maximum absolute atomic E-state index is 13.5. The minimum absolute atomic E-state index is 0.118. The summed E-state index contributed by atoms with van der Waals surface area (Å²) >= 11 is 5.84. The number of rotatable bonds is 8. The lowest BCUT2D eigenvalue weighted by Gasteiger charge is -2.16. The van der Waals surface area contributed by atoms with E-state index in [9.17, 15) is 37.4 Å². The Morgan fingerprint density at radius 2 is 1.50 bits per heavy atom. The Hall–Kier alpha value is -4.57. The van der Waals surface area contributed by atoms with Crippen LogP contribution in [0.4, 0.5) is 17.6 Å². The van der Waals surface area contributed by atoms with Gasteiger partial charge < -0.3 is 20.3 Å². The van der Waals surface area contributed by atoms with Crippen molar-refractivity contribution in [2.45, 2.75) is 18.8 Å². The number of aromatic hydroxyl groups is 1. The Balaban J connectivity index is 1.49. The summed E-state index contributed by atoms with van der Waals surface area (Å²) in [4.78, 5) is 24.9. The minimum atomic E-state index is -4.83. The zero-order valence-corrected chi connectivity index (χ0v) is 21.1. The van der Waals surface area contributed by atoms with Gasteiger partial charge in [0.1, 0.15) is 23.4 Å². The summed E-state index contributed by atoms with van der Waals surface area (Å²) in [6.07, 6.45) is -4.95. The molecule has 3 N–H and O–H groups in total. The fourth-order valence-electron chi connectivity index (χ4n) is 3.95. The SMILES string of the molecule is O=C(NC(Cc1ccc(-c2cccc(OC(F)(F)F)c2)cc1)C(=O)O)c1cc(-c2ccc(F)c(Cl)c2)ccc1O. The van der Waals surface area contributed by atoms with E-state index in [4.69, 9.17) is 11.6 Å². The van der Waals surface area contributed by atoms with E-state index >= 15 is 0 Å². The summed E-state index contributed by atoms with van der Waals surface area (Å²) in [5.41, 5.74) is 2.27. The number of carboxylic acids is 1. The molecule has 1 unspecified atom stereocenters. The minimum Gasteiger partial charge on any atom is -0.507 e. The highest BCUT2D eigenvalue weighted by Gasteiger charge is 2.31. The number of alkyl halides is 3. The van der Waals surface area contributed by atoms with Crippen LogP contribution in [0.15, 0.2) is 84.9 Å². The second kappa shape index (κ2) is 11.7. The number of ether oxygens (including phenoxy) is 1. The Kier molecular flexibility index (Phi) is 8.29. The first kappa shape index (κ1) is 28.4. The van der Waals surface area contributed by atoms with Gasteiger partial charge in [-0.05, 0) is 64.2 Å². The van der Waals surface area contributed by atoms with Crippen LogP contribution >= 0.6 is 11.6 Å². The first-order chi connectivity index (χ1) is 18.9. The van der Waals surface area contributed by atoms with E-state index in [1.54, 1.807) is 30.3 Å². The number of carboxylic acid groups (broad SMARTS) is 1. The van der Waals surface area contributed by atoms with Crippen LogP contribution in [-0.4, -0.2) is 34.5 Å². The van der Waals surface area contributed by atoms with Gasteiger partial charge in [-0.1, -0.05) is 60.1 Å². The second-order valence-corrected chi connectivity index (χ2v) is 9.11. The molecule has 11 heteroatoms. The maximum atomic E-state index is 13.5. The Labute approximate surface area is 230 Å². The van der Waals surface area contributed by atoms with Crippen molar-refractivity contribution in [1.29, 1.82) is 0 Å². The summed E-state index contributed by atoms with van der Waals surface area (Å²) in [5.74, 6) is -3.56. The normalized spacial score (nSPS) is 12.0. The fraction of sp³-hybridized carbons (Fsp3) is 0.103. The number of nitrogens with one attached hydrogen (secondary N) is 1. The third kappa shape index (κ3) is 7.09. The van der Waals surface area contributed by atoms with Gasteiger partial charge in [0, 0.05) is 6.42 Å². The van der Waals surface area contributed by atoms with Gasteiger partial charge in [0.05, 0.1) is 10.6 Å². The van der Waals surface area contributed by atoms with Gasteiger partial charge in [-0.15, -0.1) is 13.2 Å². The average molecular weight is 574 g/mol. The topological polar surface area (TPSA) is 95.9 Å². The molecule has 0 radical (unpaired) electrons. The fourth-order valence-corrected chi connectivity index (χ4v) is 4.13. The van der Waals surface area contributed by atoms with E-state index in [1.807, 2.05) is 0 Å². The largest absolute Gasteiger partial charge is 0.573 e. The predicted molar refractivity (Wildman–Crippen MR) is 140 cm³/mol. The first-order valence-corrected chi connectivity index (χ1v) is 12.0. The molecule has 0 aliphatic rings. The number of halogens is 5. The number of phenolic OH excluding ortho intramolecular Hbond substituents is 1. The Bertz CT molecular complexity index is 1560. The third-order valence-electron chi connectivity index (χ3n) is 5.89. The van der Waals surface area contributed by atoms with Gasteiger partial charge in [0.15, 0.2) is 0 Å². The first-order valence-electron chi connectivity index (χ1n) is 11.7. The van der Waals surface area contributed by atoms with Gasteiger partial charge >= 0.3 is 12.3 Å². The number of aliphatic carboxylic acids is 1. The van der Waals surface area contributed by atoms with E-state index in [2.05, 4.69) is 10.1 Å². The van der Waals surface area contributed by atoms with Crippen molar-refractivity contribution in [2.24, 2.45) is 0 Å². The monoisotopic (exact) mass is 573 g/mol. The molecule has 0 aliphatic heterocycles. The quantitative estimate of drug-likeness (QED) is 0.201. The van der Waals surface area contributed by atoms with Crippen molar-refractivity contribution >= 4 is 23.5 Å². The van der Waals surface area contributed by atoms with Crippen molar-refractivity contribution in [3.05, 3.63) is 107 Å². The molecular weight excluding hydrogens is 554 g/mol. The van der Waals surface area contributed by atoms with Gasteiger partial charge in [0.25, 0.3) is 5.91 Å². The molecule has 1 atom stereocenters. The second-order valence-electron chi connectivity index (χ2n) is 8.70. The van der Waals surface area contributed by atoms with Crippen molar-refractivity contribution < 1.29 is 42.1 Å². The van der Waals surface area contributed by atoms with Gasteiger partial charge in [-0.25, -0.2) is 9.18 Å². The van der Waals surface area contributed by atoms with Crippen molar-refractivity contribution in [3.8, 4) is 33.8 Å². The Morgan fingerprint density at radius 3 is 2.15 bits per heavy atom. The lowest BCUT2D eigenvalue weighted by Crippen LogP contribution is -2.42. The molecular formula is C29H20ClF4NO5. The van der Waals surface area contributed by atoms with Crippen LogP contribution in [0.5, 0.6) is 11.5 Å². The smallest absolute Gasteiger partial charge is 0.507 e. The molecule has 0 fully saturated rings. The van der Waals surface area contributed by atoms with Crippen LogP contribution in [0.3, 0.4) is 0 Å². The number of hydrogen-bond donors (Lipinski definition) is 3. The van der Waals surface area contributed by atoms with Crippen LogP contribution in [0.25, 0.3) is 22.3 Å². The van der Waals surface area contributed by atoms with Crippen LogP contribution in [0.1, 0.15) is 15.9 Å². The molecule has 6 nitrogen and oxygen atoms in total. The molecule has 0 spiro atoms. The zero-order valence-electron chi connectivity index (χ0n) is 20.4. The molecule has 4 rings (SSSR count). The number of amides is 1. The molecule has 206 valence electrons. The highest BCUT2D eigenvalue weighted by molar-refractivity contribution is 6.31. The summed E-state index contributed by atoms with van der Waals surface area (Å²) in [7, 11) is 0. The van der Waals surface area contributed by atoms with Crippen LogP contribution in [0, 0.1) is 5.82 Å². The van der Waals surface area contributed by atoms with Gasteiger partial charge in [-0.2, -0.15) is 0 Å². The number of phenols is 1. The molecule has 0 aromatic heterocycles. The van der Waals surface area contributed by atoms with E-state index in [0.717, 1.165) is 6.07 Å². The molecule has 0 saturated heterocycles. The van der Waals surface area contributed by atoms with Gasteiger partial charge in [-0.3, -0.25) is 4.79 Å². The van der Waals surface area contributed by atoms with E-state index in [-0.39, 0.29) is 28.5 Å².